The number of ether oxygens (including phenoxy) is 2. The van der Waals surface area contributed by atoms with E-state index in [-0.39, 0.29) is 24.5 Å². The van der Waals surface area contributed by atoms with Crippen LogP contribution >= 0.6 is 0 Å². The average molecular weight is 457 g/mol. The third kappa shape index (κ3) is 5.94. The van der Waals surface area contributed by atoms with Gasteiger partial charge in [-0.3, -0.25) is 0 Å². The standard InChI is InChI=1S/C25H26F3N3O2/c1-31(19-12-14-21(15-13-19)33-20-10-6-3-7-11-20)23-22(25(26,27)28)16-29-24(30-23)32-17-18-8-4-2-5-9-18/h2,4-5,8-9,12-16,20H,3,6-7,10-11,17H2,1H3. The SMILES string of the molecule is CN(c1ccc(OC2CCCCC2)cc1)c1nc(OCc2ccccc2)ncc1C(F)(F)F. The molecule has 1 saturated carbocycles. The normalized spacial score (nSPS) is 14.7. The molecule has 1 aliphatic rings. The van der Waals surface area contributed by atoms with Crippen molar-refractivity contribution in [1.82, 2.24) is 9.97 Å². The molecule has 0 aliphatic heterocycles. The minimum Gasteiger partial charge on any atom is -0.490 e. The molecule has 1 heterocycles. The monoisotopic (exact) mass is 457 g/mol. The lowest BCUT2D eigenvalue weighted by atomic mass is 9.98. The maximum Gasteiger partial charge on any atom is 0.421 e. The fourth-order valence-electron chi connectivity index (χ4n) is 3.85. The first kappa shape index (κ1) is 22.9. The largest absolute Gasteiger partial charge is 0.490 e. The predicted octanol–water partition coefficient (Wildman–Crippen LogP) is 6.55. The number of nitrogens with zero attached hydrogens (tertiary/aromatic N) is 3. The maximum absolute atomic E-state index is 13.7. The molecule has 1 fully saturated rings. The summed E-state index contributed by atoms with van der Waals surface area (Å²) in [6, 6.07) is 16.2. The van der Waals surface area contributed by atoms with Gasteiger partial charge in [0.05, 0.1) is 6.10 Å². The first-order valence-electron chi connectivity index (χ1n) is 11.0. The minimum absolute atomic E-state index is 0.119. The van der Waals surface area contributed by atoms with Crippen molar-refractivity contribution in [3.63, 3.8) is 0 Å². The van der Waals surface area contributed by atoms with E-state index in [2.05, 4.69) is 9.97 Å². The van der Waals surface area contributed by atoms with Gasteiger partial charge in [0.1, 0.15) is 17.9 Å². The van der Waals surface area contributed by atoms with Gasteiger partial charge in [-0.15, -0.1) is 0 Å². The summed E-state index contributed by atoms with van der Waals surface area (Å²) in [5.74, 6) is 0.436. The molecule has 0 spiro atoms. The molecule has 33 heavy (non-hydrogen) atoms. The predicted molar refractivity (Wildman–Crippen MR) is 120 cm³/mol. The molecule has 3 aromatic rings. The van der Waals surface area contributed by atoms with Crippen molar-refractivity contribution in [3.8, 4) is 11.8 Å². The van der Waals surface area contributed by atoms with Crippen molar-refractivity contribution >= 4 is 11.5 Å². The Morgan fingerprint density at radius 2 is 1.67 bits per heavy atom. The number of hydrogen-bond acceptors (Lipinski definition) is 5. The summed E-state index contributed by atoms with van der Waals surface area (Å²) in [4.78, 5) is 9.24. The molecule has 1 aliphatic carbocycles. The van der Waals surface area contributed by atoms with Gasteiger partial charge >= 0.3 is 12.2 Å². The van der Waals surface area contributed by atoms with E-state index >= 15 is 0 Å². The first-order chi connectivity index (χ1) is 15.9. The van der Waals surface area contributed by atoms with Gasteiger partial charge in [0.15, 0.2) is 5.82 Å². The zero-order valence-electron chi connectivity index (χ0n) is 18.4. The molecule has 2 aromatic carbocycles. The van der Waals surface area contributed by atoms with Gasteiger partial charge in [-0.1, -0.05) is 36.8 Å². The van der Waals surface area contributed by atoms with Crippen LogP contribution in [0.1, 0.15) is 43.2 Å². The quantitative estimate of drug-likeness (QED) is 0.402. The van der Waals surface area contributed by atoms with E-state index in [4.69, 9.17) is 9.47 Å². The summed E-state index contributed by atoms with van der Waals surface area (Å²) in [6.07, 6.45) is 1.98. The van der Waals surface area contributed by atoms with Crippen LogP contribution < -0.4 is 14.4 Å². The average Bonchev–Trinajstić information content (AvgIpc) is 2.83. The molecule has 0 amide bonds. The highest BCUT2D eigenvalue weighted by Gasteiger charge is 2.36. The topological polar surface area (TPSA) is 47.5 Å². The Kier molecular flexibility index (Phi) is 7.01. The van der Waals surface area contributed by atoms with Crippen LogP contribution in [0.5, 0.6) is 11.8 Å². The van der Waals surface area contributed by atoms with E-state index < -0.39 is 11.7 Å². The van der Waals surface area contributed by atoms with Crippen molar-refractivity contribution in [2.45, 2.75) is 51.0 Å². The number of halogens is 3. The maximum atomic E-state index is 13.7. The van der Waals surface area contributed by atoms with Crippen LogP contribution in [0, 0.1) is 0 Å². The number of anilines is 2. The van der Waals surface area contributed by atoms with Gasteiger partial charge in [-0.2, -0.15) is 18.2 Å². The second-order valence-electron chi connectivity index (χ2n) is 8.09. The third-order valence-corrected chi connectivity index (χ3v) is 5.66. The molecule has 1 aromatic heterocycles. The number of alkyl halides is 3. The van der Waals surface area contributed by atoms with Crippen molar-refractivity contribution in [2.75, 3.05) is 11.9 Å². The lowest BCUT2D eigenvalue weighted by molar-refractivity contribution is -0.137. The third-order valence-electron chi connectivity index (χ3n) is 5.66. The summed E-state index contributed by atoms with van der Waals surface area (Å²) < 4.78 is 52.6. The Labute approximate surface area is 191 Å². The number of rotatable bonds is 7. The van der Waals surface area contributed by atoms with Gasteiger partial charge in [0.2, 0.25) is 0 Å². The van der Waals surface area contributed by atoms with Gasteiger partial charge in [-0.25, -0.2) is 4.98 Å². The van der Waals surface area contributed by atoms with Crippen LogP contribution in [-0.4, -0.2) is 23.1 Å². The zero-order valence-corrected chi connectivity index (χ0v) is 18.4. The van der Waals surface area contributed by atoms with Crippen LogP contribution in [0.3, 0.4) is 0 Å². The Balaban J connectivity index is 1.53. The van der Waals surface area contributed by atoms with Gasteiger partial charge in [0.25, 0.3) is 0 Å². The summed E-state index contributed by atoms with van der Waals surface area (Å²) >= 11 is 0. The fourth-order valence-corrected chi connectivity index (χ4v) is 3.85. The van der Waals surface area contributed by atoms with E-state index in [1.807, 2.05) is 30.3 Å². The summed E-state index contributed by atoms with van der Waals surface area (Å²) in [6.45, 7) is 0.155. The lowest BCUT2D eigenvalue weighted by Gasteiger charge is -2.24. The van der Waals surface area contributed by atoms with Crippen LogP contribution in [-0.2, 0) is 12.8 Å². The highest BCUT2D eigenvalue weighted by molar-refractivity contribution is 5.63. The Morgan fingerprint density at radius 1 is 0.970 bits per heavy atom. The highest BCUT2D eigenvalue weighted by atomic mass is 19.4. The number of hydrogen-bond donors (Lipinski definition) is 0. The Hall–Kier alpha value is -3.29. The molecular formula is C25H26F3N3O2. The van der Waals surface area contributed by atoms with Crippen molar-refractivity contribution < 1.29 is 22.6 Å². The molecule has 0 atom stereocenters. The molecule has 0 bridgehead atoms. The van der Waals surface area contributed by atoms with Gasteiger partial charge in [-0.05, 0) is 55.5 Å². The first-order valence-corrected chi connectivity index (χ1v) is 11.0. The van der Waals surface area contributed by atoms with Crippen LogP contribution in [0.2, 0.25) is 0 Å². The molecule has 5 nitrogen and oxygen atoms in total. The molecule has 4 rings (SSSR count). The van der Waals surface area contributed by atoms with E-state index in [0.29, 0.717) is 11.4 Å². The molecule has 0 N–H and O–H groups in total. The molecular weight excluding hydrogens is 431 g/mol. The summed E-state index contributed by atoms with van der Waals surface area (Å²) in [5, 5.41) is 0. The van der Waals surface area contributed by atoms with E-state index in [0.717, 1.165) is 37.4 Å². The molecule has 174 valence electrons. The smallest absolute Gasteiger partial charge is 0.421 e. The van der Waals surface area contributed by atoms with Gasteiger partial charge in [0, 0.05) is 18.9 Å². The molecule has 0 radical (unpaired) electrons. The van der Waals surface area contributed by atoms with Crippen LogP contribution in [0.4, 0.5) is 24.7 Å². The number of benzene rings is 2. The van der Waals surface area contributed by atoms with E-state index in [1.54, 1.807) is 24.3 Å². The second-order valence-corrected chi connectivity index (χ2v) is 8.09. The van der Waals surface area contributed by atoms with E-state index in [1.165, 1.54) is 18.4 Å². The minimum atomic E-state index is -4.61. The van der Waals surface area contributed by atoms with Crippen molar-refractivity contribution in [3.05, 3.63) is 71.9 Å². The highest BCUT2D eigenvalue weighted by Crippen LogP contribution is 2.38. The second kappa shape index (κ2) is 10.1. The van der Waals surface area contributed by atoms with E-state index in [9.17, 15) is 13.2 Å². The Morgan fingerprint density at radius 3 is 2.33 bits per heavy atom. The lowest BCUT2D eigenvalue weighted by Crippen LogP contribution is -2.20. The fraction of sp³-hybridized carbons (Fsp3) is 0.360. The Bertz CT molecular complexity index is 1040. The number of aromatic nitrogens is 2. The summed E-state index contributed by atoms with van der Waals surface area (Å²) in [5.41, 5.74) is 0.480. The molecule has 0 saturated heterocycles. The summed E-state index contributed by atoms with van der Waals surface area (Å²) in [7, 11) is 1.54. The van der Waals surface area contributed by atoms with Crippen molar-refractivity contribution in [2.24, 2.45) is 0 Å². The molecule has 0 unspecified atom stereocenters. The van der Waals surface area contributed by atoms with Gasteiger partial charge < -0.3 is 14.4 Å². The van der Waals surface area contributed by atoms with Crippen LogP contribution in [0.25, 0.3) is 0 Å². The molecule has 8 heteroatoms. The van der Waals surface area contributed by atoms with Crippen molar-refractivity contribution in [1.29, 1.82) is 0 Å². The van der Waals surface area contributed by atoms with Crippen LogP contribution in [0.15, 0.2) is 60.8 Å². The zero-order chi connectivity index (χ0) is 23.3.